The zero-order valence-electron chi connectivity index (χ0n) is 6.37. The van der Waals surface area contributed by atoms with Crippen LogP contribution in [0.25, 0.3) is 0 Å². The van der Waals surface area contributed by atoms with Gasteiger partial charge in [-0.2, -0.15) is 11.3 Å². The average molecular weight is 166 g/mol. The molecule has 0 saturated carbocycles. The van der Waals surface area contributed by atoms with Crippen molar-refractivity contribution in [1.82, 2.24) is 0 Å². The molecule has 0 radical (unpaired) electrons. The predicted molar refractivity (Wildman–Crippen MR) is 47.3 cm³/mol. The van der Waals surface area contributed by atoms with Crippen LogP contribution in [0.2, 0.25) is 0 Å². The smallest absolute Gasteiger partial charge is 0.151 e. The van der Waals surface area contributed by atoms with Gasteiger partial charge in [-0.15, -0.1) is 6.42 Å². The molecule has 0 aromatic carbocycles. The fourth-order valence-corrected chi connectivity index (χ4v) is 1.61. The second kappa shape index (κ2) is 3.08. The molecule has 0 aliphatic heterocycles. The number of hydrogen-bond donors (Lipinski definition) is 1. The highest BCUT2D eigenvalue weighted by Crippen LogP contribution is 2.25. The van der Waals surface area contributed by atoms with E-state index in [0.29, 0.717) is 6.42 Å². The summed E-state index contributed by atoms with van der Waals surface area (Å²) in [6, 6.07) is 1.86. The Kier molecular flexibility index (Phi) is 2.33. The Labute approximate surface area is 70.7 Å². The Bertz CT molecular complexity index is 258. The Morgan fingerprint density at radius 1 is 1.82 bits per heavy atom. The maximum Gasteiger partial charge on any atom is 0.151 e. The number of aliphatic hydroxyl groups is 1. The van der Waals surface area contributed by atoms with Gasteiger partial charge in [-0.1, -0.05) is 12.8 Å². The number of thiophene rings is 1. The fraction of sp³-hybridized carbons (Fsp3) is 0.333. The van der Waals surface area contributed by atoms with Crippen molar-refractivity contribution >= 4 is 11.3 Å². The van der Waals surface area contributed by atoms with Gasteiger partial charge in [0.2, 0.25) is 0 Å². The van der Waals surface area contributed by atoms with Crippen LogP contribution in [0.15, 0.2) is 16.8 Å². The molecule has 0 bridgehead atoms. The van der Waals surface area contributed by atoms with Crippen LogP contribution < -0.4 is 0 Å². The minimum atomic E-state index is -1.06. The fourth-order valence-electron chi connectivity index (χ4n) is 0.889. The predicted octanol–water partition coefficient (Wildman–Crippen LogP) is 1.98. The molecule has 58 valence electrons. The number of rotatable bonds is 2. The highest BCUT2D eigenvalue weighted by Gasteiger charge is 2.23. The van der Waals surface area contributed by atoms with Crippen LogP contribution in [0.5, 0.6) is 0 Å². The van der Waals surface area contributed by atoms with Gasteiger partial charge in [0.1, 0.15) is 0 Å². The van der Waals surface area contributed by atoms with E-state index in [9.17, 15) is 5.11 Å². The second-order valence-corrected chi connectivity index (χ2v) is 3.15. The SMILES string of the molecule is C#CC(O)(CC)c1ccsc1. The Morgan fingerprint density at radius 3 is 2.91 bits per heavy atom. The van der Waals surface area contributed by atoms with E-state index in [1.807, 2.05) is 23.8 Å². The zero-order valence-corrected chi connectivity index (χ0v) is 7.19. The average Bonchev–Trinajstić information content (AvgIpc) is 2.55. The van der Waals surface area contributed by atoms with Gasteiger partial charge in [-0.25, -0.2) is 0 Å². The molecule has 1 heterocycles. The van der Waals surface area contributed by atoms with E-state index in [4.69, 9.17) is 6.42 Å². The Morgan fingerprint density at radius 2 is 2.55 bits per heavy atom. The Hall–Kier alpha value is -0.780. The van der Waals surface area contributed by atoms with E-state index >= 15 is 0 Å². The van der Waals surface area contributed by atoms with E-state index < -0.39 is 5.60 Å². The molecule has 0 spiro atoms. The van der Waals surface area contributed by atoms with Gasteiger partial charge >= 0.3 is 0 Å². The van der Waals surface area contributed by atoms with Crippen molar-refractivity contribution in [2.45, 2.75) is 18.9 Å². The van der Waals surface area contributed by atoms with Gasteiger partial charge in [-0.05, 0) is 23.2 Å². The first-order valence-electron chi connectivity index (χ1n) is 3.46. The molecule has 0 aliphatic carbocycles. The summed E-state index contributed by atoms with van der Waals surface area (Å²) >= 11 is 1.54. The molecular formula is C9H10OS. The summed E-state index contributed by atoms with van der Waals surface area (Å²) in [5.74, 6) is 2.39. The first kappa shape index (κ1) is 8.32. The van der Waals surface area contributed by atoms with Crippen LogP contribution in [0, 0.1) is 12.3 Å². The summed E-state index contributed by atoms with van der Waals surface area (Å²) in [6.45, 7) is 1.87. The van der Waals surface area contributed by atoms with Gasteiger partial charge < -0.3 is 5.11 Å². The van der Waals surface area contributed by atoms with E-state index in [1.54, 1.807) is 11.3 Å². The first-order valence-corrected chi connectivity index (χ1v) is 4.40. The molecule has 1 nitrogen and oxygen atoms in total. The molecule has 1 aromatic rings. The van der Waals surface area contributed by atoms with Crippen LogP contribution in [0.3, 0.4) is 0 Å². The van der Waals surface area contributed by atoms with Crippen LogP contribution in [0.1, 0.15) is 18.9 Å². The minimum Gasteiger partial charge on any atom is -0.373 e. The molecule has 1 aromatic heterocycles. The molecule has 1 unspecified atom stereocenters. The lowest BCUT2D eigenvalue weighted by Gasteiger charge is -2.18. The van der Waals surface area contributed by atoms with Crippen molar-refractivity contribution in [3.63, 3.8) is 0 Å². The molecule has 0 aliphatic rings. The summed E-state index contributed by atoms with van der Waals surface area (Å²) in [5, 5.41) is 13.5. The summed E-state index contributed by atoms with van der Waals surface area (Å²) in [5.41, 5.74) is -0.229. The third-order valence-electron chi connectivity index (χ3n) is 1.75. The maximum absolute atomic E-state index is 9.76. The standard InChI is InChI=1S/C9H10OS/c1-3-9(10,4-2)8-5-6-11-7-8/h1,5-7,10H,4H2,2H3. The lowest BCUT2D eigenvalue weighted by Crippen LogP contribution is -2.20. The van der Waals surface area contributed by atoms with E-state index in [2.05, 4.69) is 5.92 Å². The van der Waals surface area contributed by atoms with Gasteiger partial charge in [-0.3, -0.25) is 0 Å². The van der Waals surface area contributed by atoms with Crippen LogP contribution >= 0.6 is 11.3 Å². The highest BCUT2D eigenvalue weighted by atomic mass is 32.1. The summed E-state index contributed by atoms with van der Waals surface area (Å²) < 4.78 is 0. The van der Waals surface area contributed by atoms with Crippen LogP contribution in [-0.4, -0.2) is 5.11 Å². The molecular weight excluding hydrogens is 156 g/mol. The van der Waals surface area contributed by atoms with Gasteiger partial charge in [0, 0.05) is 5.56 Å². The monoisotopic (exact) mass is 166 g/mol. The molecule has 0 fully saturated rings. The normalized spacial score (nSPS) is 15.4. The van der Waals surface area contributed by atoms with Crippen molar-refractivity contribution in [3.05, 3.63) is 22.4 Å². The summed E-state index contributed by atoms with van der Waals surface area (Å²) in [6.07, 6.45) is 5.77. The molecule has 0 amide bonds. The summed E-state index contributed by atoms with van der Waals surface area (Å²) in [7, 11) is 0. The second-order valence-electron chi connectivity index (χ2n) is 2.37. The van der Waals surface area contributed by atoms with E-state index in [0.717, 1.165) is 5.56 Å². The molecule has 1 rings (SSSR count). The molecule has 1 atom stereocenters. The van der Waals surface area contributed by atoms with Crippen molar-refractivity contribution in [2.24, 2.45) is 0 Å². The molecule has 0 saturated heterocycles. The van der Waals surface area contributed by atoms with Crippen LogP contribution in [0.4, 0.5) is 0 Å². The largest absolute Gasteiger partial charge is 0.373 e. The van der Waals surface area contributed by atoms with E-state index in [1.165, 1.54) is 0 Å². The lowest BCUT2D eigenvalue weighted by molar-refractivity contribution is 0.0966. The van der Waals surface area contributed by atoms with Gasteiger partial charge in [0.05, 0.1) is 0 Å². The van der Waals surface area contributed by atoms with Gasteiger partial charge in [0.25, 0.3) is 0 Å². The van der Waals surface area contributed by atoms with E-state index in [-0.39, 0.29) is 0 Å². The van der Waals surface area contributed by atoms with Crippen molar-refractivity contribution in [3.8, 4) is 12.3 Å². The Balaban J connectivity index is 2.99. The van der Waals surface area contributed by atoms with Crippen molar-refractivity contribution in [2.75, 3.05) is 0 Å². The first-order chi connectivity index (χ1) is 5.23. The maximum atomic E-state index is 9.76. The topological polar surface area (TPSA) is 20.2 Å². The molecule has 2 heteroatoms. The van der Waals surface area contributed by atoms with Crippen molar-refractivity contribution in [1.29, 1.82) is 0 Å². The van der Waals surface area contributed by atoms with Crippen LogP contribution in [-0.2, 0) is 5.60 Å². The third-order valence-corrected chi connectivity index (χ3v) is 2.43. The number of terminal acetylenes is 1. The highest BCUT2D eigenvalue weighted by molar-refractivity contribution is 7.08. The zero-order chi connectivity index (χ0) is 8.32. The summed E-state index contributed by atoms with van der Waals surface area (Å²) in [4.78, 5) is 0. The lowest BCUT2D eigenvalue weighted by atomic mass is 9.95. The third kappa shape index (κ3) is 1.45. The quantitative estimate of drug-likeness (QED) is 0.666. The van der Waals surface area contributed by atoms with Gasteiger partial charge in [0.15, 0.2) is 5.60 Å². The molecule has 1 N–H and O–H groups in total. The number of hydrogen-bond acceptors (Lipinski definition) is 2. The minimum absolute atomic E-state index is 0.556. The molecule has 11 heavy (non-hydrogen) atoms. The van der Waals surface area contributed by atoms with Crippen molar-refractivity contribution < 1.29 is 5.11 Å².